The molecule has 0 saturated carbocycles. The molecule has 0 aromatic heterocycles. The predicted molar refractivity (Wildman–Crippen MR) is 73.0 cm³/mol. The summed E-state index contributed by atoms with van der Waals surface area (Å²) in [5, 5.41) is 0. The molecule has 1 atom stereocenters. The van der Waals surface area contributed by atoms with Gasteiger partial charge in [-0.1, -0.05) is 12.1 Å². The minimum Gasteiger partial charge on any atom is -0.426 e. The average Bonchev–Trinajstić information content (AvgIpc) is 2.48. The third kappa shape index (κ3) is 5.69. The lowest BCUT2D eigenvalue weighted by Gasteiger charge is -2.10. The summed E-state index contributed by atoms with van der Waals surface area (Å²) >= 11 is 0. The molecular formula is C13H17N3O5. The Labute approximate surface area is 121 Å². The lowest BCUT2D eigenvalue weighted by Crippen LogP contribution is -2.37. The Kier molecular flexibility index (Phi) is 6.47. The summed E-state index contributed by atoms with van der Waals surface area (Å²) in [6.07, 6.45) is 0.168. The summed E-state index contributed by atoms with van der Waals surface area (Å²) in [6, 6.07) is 5.38. The minimum absolute atomic E-state index is 0.168. The Balaban J connectivity index is 2.56. The molecule has 0 heterocycles. The molecule has 0 saturated heterocycles. The molecular weight excluding hydrogens is 278 g/mol. The summed E-state index contributed by atoms with van der Waals surface area (Å²) < 4.78 is 9.31. The van der Waals surface area contributed by atoms with Gasteiger partial charge in [0.1, 0.15) is 11.8 Å². The Morgan fingerprint density at radius 3 is 2.10 bits per heavy atom. The molecule has 0 aliphatic rings. The summed E-state index contributed by atoms with van der Waals surface area (Å²) in [7, 11) is 0. The smallest absolute Gasteiger partial charge is 0.330 e. The summed E-state index contributed by atoms with van der Waals surface area (Å²) in [5.41, 5.74) is 16.5. The van der Waals surface area contributed by atoms with Crippen LogP contribution in [0, 0.1) is 0 Å². The van der Waals surface area contributed by atoms with Crippen LogP contribution in [0.15, 0.2) is 24.3 Å². The van der Waals surface area contributed by atoms with E-state index >= 15 is 0 Å². The number of rotatable bonds is 6. The lowest BCUT2D eigenvalue weighted by atomic mass is 10.1. The average molecular weight is 295 g/mol. The van der Waals surface area contributed by atoms with Gasteiger partial charge in [0.15, 0.2) is 0 Å². The molecule has 1 rings (SSSR count). The van der Waals surface area contributed by atoms with Crippen LogP contribution in [0.25, 0.3) is 0 Å². The molecule has 114 valence electrons. The zero-order valence-electron chi connectivity index (χ0n) is 11.3. The standard InChI is InChI=1S/C13H17N3O5/c14-6-11(17)20-9-3-1-8(2-4-9)5-10(16)13(19)21-12(18)7-15/h1-4,10H,5-7,14-16H2/t10-/m0/s1. The van der Waals surface area contributed by atoms with Crippen LogP contribution in [0.3, 0.4) is 0 Å². The van der Waals surface area contributed by atoms with Crippen LogP contribution < -0.4 is 21.9 Å². The van der Waals surface area contributed by atoms with Crippen molar-refractivity contribution in [3.05, 3.63) is 29.8 Å². The summed E-state index contributed by atoms with van der Waals surface area (Å²) in [5.74, 6) is -1.89. The number of nitrogens with two attached hydrogens (primary N) is 3. The fourth-order valence-electron chi connectivity index (χ4n) is 1.43. The van der Waals surface area contributed by atoms with Crippen LogP contribution in [-0.4, -0.2) is 37.0 Å². The maximum Gasteiger partial charge on any atom is 0.330 e. The Bertz CT molecular complexity index is 515. The van der Waals surface area contributed by atoms with Gasteiger partial charge in [0, 0.05) is 0 Å². The van der Waals surface area contributed by atoms with Crippen LogP contribution in [0.2, 0.25) is 0 Å². The molecule has 21 heavy (non-hydrogen) atoms. The largest absolute Gasteiger partial charge is 0.426 e. The van der Waals surface area contributed by atoms with E-state index < -0.39 is 23.9 Å². The van der Waals surface area contributed by atoms with Gasteiger partial charge in [0.25, 0.3) is 0 Å². The first-order valence-corrected chi connectivity index (χ1v) is 6.16. The van der Waals surface area contributed by atoms with Crippen molar-refractivity contribution in [2.75, 3.05) is 13.1 Å². The zero-order chi connectivity index (χ0) is 15.8. The van der Waals surface area contributed by atoms with E-state index in [0.29, 0.717) is 11.3 Å². The normalized spacial score (nSPS) is 11.6. The van der Waals surface area contributed by atoms with E-state index in [0.717, 1.165) is 0 Å². The first-order valence-electron chi connectivity index (χ1n) is 6.16. The molecule has 0 amide bonds. The predicted octanol–water partition coefficient (Wildman–Crippen LogP) is -1.55. The van der Waals surface area contributed by atoms with E-state index in [4.69, 9.17) is 21.9 Å². The van der Waals surface area contributed by atoms with Gasteiger partial charge in [-0.25, -0.2) is 4.79 Å². The topological polar surface area (TPSA) is 148 Å². The highest BCUT2D eigenvalue weighted by Gasteiger charge is 2.18. The van der Waals surface area contributed by atoms with Crippen molar-refractivity contribution in [2.24, 2.45) is 17.2 Å². The fourth-order valence-corrected chi connectivity index (χ4v) is 1.43. The minimum atomic E-state index is -0.988. The van der Waals surface area contributed by atoms with Crippen LogP contribution in [-0.2, 0) is 25.5 Å². The lowest BCUT2D eigenvalue weighted by molar-refractivity contribution is -0.159. The maximum absolute atomic E-state index is 11.5. The first kappa shape index (κ1) is 16.8. The molecule has 1 aromatic rings. The number of carbonyl (C=O) groups is 3. The van der Waals surface area contributed by atoms with E-state index in [1.165, 1.54) is 0 Å². The van der Waals surface area contributed by atoms with E-state index in [1.54, 1.807) is 24.3 Å². The molecule has 1 aromatic carbocycles. The summed E-state index contributed by atoms with van der Waals surface area (Å²) in [6.45, 7) is -0.604. The third-order valence-corrected chi connectivity index (χ3v) is 2.46. The molecule has 0 aliphatic carbocycles. The highest BCUT2D eigenvalue weighted by atomic mass is 16.6. The highest BCUT2D eigenvalue weighted by molar-refractivity contribution is 5.89. The second-order valence-corrected chi connectivity index (χ2v) is 4.13. The van der Waals surface area contributed by atoms with Crippen molar-refractivity contribution in [1.82, 2.24) is 0 Å². The monoisotopic (exact) mass is 295 g/mol. The van der Waals surface area contributed by atoms with Gasteiger partial charge < -0.3 is 26.7 Å². The van der Waals surface area contributed by atoms with Crippen molar-refractivity contribution in [2.45, 2.75) is 12.5 Å². The van der Waals surface area contributed by atoms with Gasteiger partial charge in [-0.05, 0) is 24.1 Å². The number of carbonyl (C=O) groups excluding carboxylic acids is 3. The van der Waals surface area contributed by atoms with Gasteiger partial charge in [-0.15, -0.1) is 0 Å². The number of benzene rings is 1. The number of ether oxygens (including phenoxy) is 2. The van der Waals surface area contributed by atoms with Crippen molar-refractivity contribution in [3.63, 3.8) is 0 Å². The highest BCUT2D eigenvalue weighted by Crippen LogP contribution is 2.13. The van der Waals surface area contributed by atoms with Crippen LogP contribution in [0.5, 0.6) is 5.75 Å². The molecule has 8 nitrogen and oxygen atoms in total. The Morgan fingerprint density at radius 1 is 1.00 bits per heavy atom. The third-order valence-electron chi connectivity index (χ3n) is 2.46. The summed E-state index contributed by atoms with van der Waals surface area (Å²) in [4.78, 5) is 33.3. The molecule has 0 radical (unpaired) electrons. The molecule has 8 heteroatoms. The van der Waals surface area contributed by atoms with E-state index in [1.807, 2.05) is 0 Å². The zero-order valence-corrected chi connectivity index (χ0v) is 11.3. The van der Waals surface area contributed by atoms with Crippen molar-refractivity contribution < 1.29 is 23.9 Å². The number of hydrogen-bond acceptors (Lipinski definition) is 8. The SMILES string of the molecule is NCC(=O)OC(=O)[C@@H](N)Cc1ccc(OC(=O)CN)cc1. The maximum atomic E-state index is 11.5. The van der Waals surface area contributed by atoms with Crippen LogP contribution in [0.4, 0.5) is 0 Å². The molecule has 0 fully saturated rings. The second kappa shape index (κ2) is 8.10. The van der Waals surface area contributed by atoms with Crippen LogP contribution in [0.1, 0.15) is 5.56 Å². The Morgan fingerprint density at radius 2 is 1.57 bits per heavy atom. The molecule has 0 aliphatic heterocycles. The van der Waals surface area contributed by atoms with E-state index in [9.17, 15) is 14.4 Å². The molecule has 0 unspecified atom stereocenters. The van der Waals surface area contributed by atoms with Gasteiger partial charge in [0.2, 0.25) is 0 Å². The second-order valence-electron chi connectivity index (χ2n) is 4.13. The molecule has 0 spiro atoms. The number of hydrogen-bond donors (Lipinski definition) is 3. The fraction of sp³-hybridized carbons (Fsp3) is 0.308. The van der Waals surface area contributed by atoms with Crippen molar-refractivity contribution in [3.8, 4) is 5.75 Å². The van der Waals surface area contributed by atoms with Crippen LogP contribution >= 0.6 is 0 Å². The van der Waals surface area contributed by atoms with Crippen molar-refractivity contribution in [1.29, 1.82) is 0 Å². The Hall–Kier alpha value is -2.29. The molecule has 6 N–H and O–H groups in total. The van der Waals surface area contributed by atoms with E-state index in [-0.39, 0.29) is 19.5 Å². The van der Waals surface area contributed by atoms with Gasteiger partial charge >= 0.3 is 17.9 Å². The first-order chi connectivity index (χ1) is 9.96. The van der Waals surface area contributed by atoms with Gasteiger partial charge in [0.05, 0.1) is 13.1 Å². The van der Waals surface area contributed by atoms with E-state index in [2.05, 4.69) is 4.74 Å². The number of esters is 3. The molecule has 0 bridgehead atoms. The quantitative estimate of drug-likeness (QED) is 0.324. The van der Waals surface area contributed by atoms with Gasteiger partial charge in [-0.2, -0.15) is 0 Å². The van der Waals surface area contributed by atoms with Crippen molar-refractivity contribution >= 4 is 17.9 Å². The van der Waals surface area contributed by atoms with Gasteiger partial charge in [-0.3, -0.25) is 9.59 Å².